The molecule has 0 fully saturated rings. The summed E-state index contributed by atoms with van der Waals surface area (Å²) in [4.78, 5) is 0.889. The van der Waals surface area contributed by atoms with Crippen molar-refractivity contribution in [3.05, 3.63) is 35.4 Å². The highest BCUT2D eigenvalue weighted by molar-refractivity contribution is 5.21. The quantitative estimate of drug-likeness (QED) is 0.759. The van der Waals surface area contributed by atoms with Gasteiger partial charge in [0.2, 0.25) is 0 Å². The van der Waals surface area contributed by atoms with E-state index in [1.807, 2.05) is 0 Å². The summed E-state index contributed by atoms with van der Waals surface area (Å²) in [5.41, 5.74) is -0.300. The van der Waals surface area contributed by atoms with E-state index in [9.17, 15) is 27.1 Å². The van der Waals surface area contributed by atoms with Gasteiger partial charge in [0.05, 0.1) is 19.3 Å². The minimum atomic E-state index is -4.44. The van der Waals surface area contributed by atoms with Gasteiger partial charge in [0.1, 0.15) is 0 Å². The molecule has 0 saturated heterocycles. The van der Waals surface area contributed by atoms with Crippen LogP contribution in [-0.2, 0) is 0 Å². The van der Waals surface area contributed by atoms with Crippen LogP contribution < -0.4 is 0 Å². The molecule has 0 spiro atoms. The van der Waals surface area contributed by atoms with Crippen molar-refractivity contribution >= 4 is 0 Å². The van der Waals surface area contributed by atoms with Gasteiger partial charge in [-0.3, -0.25) is 4.90 Å². The van der Waals surface area contributed by atoms with Crippen LogP contribution >= 0.6 is 0 Å². The van der Waals surface area contributed by atoms with Crippen LogP contribution in [0, 0.1) is 11.6 Å². The van der Waals surface area contributed by atoms with E-state index < -0.39 is 37.1 Å². The number of alkyl halides is 3. The van der Waals surface area contributed by atoms with Crippen molar-refractivity contribution in [2.45, 2.75) is 18.7 Å². The van der Waals surface area contributed by atoms with Gasteiger partial charge in [-0.1, -0.05) is 12.1 Å². The molecule has 21 heavy (non-hydrogen) atoms. The third-order valence-corrected chi connectivity index (χ3v) is 2.88. The standard InChI is InChI=1S/C13H16F5NO2/c14-10-3-1-2-9(12(10)15)11(21)4-5-19(6-7-20)8-13(16,17)18/h1-3,11,20-21H,4-8H2. The molecule has 0 aliphatic carbocycles. The molecule has 1 atom stereocenters. The van der Waals surface area contributed by atoms with Crippen LogP contribution in [0.2, 0.25) is 0 Å². The van der Waals surface area contributed by atoms with Crippen LogP contribution in [0.25, 0.3) is 0 Å². The first-order chi connectivity index (χ1) is 9.74. The summed E-state index contributed by atoms with van der Waals surface area (Å²) in [5.74, 6) is -2.34. The number of halogens is 5. The van der Waals surface area contributed by atoms with Crippen molar-refractivity contribution in [2.75, 3.05) is 26.2 Å². The third-order valence-electron chi connectivity index (χ3n) is 2.88. The topological polar surface area (TPSA) is 43.7 Å². The van der Waals surface area contributed by atoms with Crippen LogP contribution in [0.5, 0.6) is 0 Å². The molecule has 0 aliphatic rings. The van der Waals surface area contributed by atoms with Gasteiger partial charge >= 0.3 is 6.18 Å². The Morgan fingerprint density at radius 1 is 1.14 bits per heavy atom. The zero-order valence-corrected chi connectivity index (χ0v) is 11.1. The fraction of sp³-hybridized carbons (Fsp3) is 0.538. The molecule has 0 radical (unpaired) electrons. The number of benzene rings is 1. The SMILES string of the molecule is OCCN(CCC(O)c1cccc(F)c1F)CC(F)(F)F. The lowest BCUT2D eigenvalue weighted by molar-refractivity contribution is -0.147. The molecular weight excluding hydrogens is 297 g/mol. The molecule has 2 N–H and O–H groups in total. The Balaban J connectivity index is 2.64. The third kappa shape index (κ3) is 5.94. The monoisotopic (exact) mass is 313 g/mol. The molecule has 1 aromatic carbocycles. The van der Waals surface area contributed by atoms with Gasteiger partial charge in [0, 0.05) is 18.7 Å². The van der Waals surface area contributed by atoms with Crippen LogP contribution in [0.1, 0.15) is 18.1 Å². The summed E-state index contributed by atoms with van der Waals surface area (Å²) in [6.07, 6.45) is -6.07. The molecule has 0 aliphatic heterocycles. The summed E-state index contributed by atoms with van der Waals surface area (Å²) < 4.78 is 63.3. The highest BCUT2D eigenvalue weighted by atomic mass is 19.4. The molecule has 1 unspecified atom stereocenters. The highest BCUT2D eigenvalue weighted by Gasteiger charge is 2.30. The zero-order valence-electron chi connectivity index (χ0n) is 11.1. The average Bonchev–Trinajstić information content (AvgIpc) is 2.37. The normalized spacial score (nSPS) is 13.7. The van der Waals surface area contributed by atoms with Gasteiger partial charge < -0.3 is 10.2 Å². The first-order valence-corrected chi connectivity index (χ1v) is 6.26. The fourth-order valence-corrected chi connectivity index (χ4v) is 1.90. The maximum absolute atomic E-state index is 13.4. The molecule has 120 valence electrons. The molecule has 0 heterocycles. The van der Waals surface area contributed by atoms with Gasteiger partial charge in [-0.25, -0.2) is 8.78 Å². The number of rotatable bonds is 7. The number of hydrogen-bond donors (Lipinski definition) is 2. The summed E-state index contributed by atoms with van der Waals surface area (Å²) in [5, 5.41) is 18.5. The van der Waals surface area contributed by atoms with Crippen LogP contribution in [-0.4, -0.2) is 47.5 Å². The predicted octanol–water partition coefficient (Wildman–Crippen LogP) is 2.24. The largest absolute Gasteiger partial charge is 0.401 e. The highest BCUT2D eigenvalue weighted by Crippen LogP contribution is 2.23. The number of aliphatic hydroxyl groups excluding tert-OH is 2. The molecular formula is C13H16F5NO2. The molecule has 3 nitrogen and oxygen atoms in total. The Morgan fingerprint density at radius 3 is 2.38 bits per heavy atom. The predicted molar refractivity (Wildman–Crippen MR) is 65.5 cm³/mol. The Labute approximate surface area is 118 Å². The van der Waals surface area contributed by atoms with E-state index >= 15 is 0 Å². The van der Waals surface area contributed by atoms with E-state index in [0.717, 1.165) is 11.0 Å². The van der Waals surface area contributed by atoms with Gasteiger partial charge in [-0.15, -0.1) is 0 Å². The van der Waals surface area contributed by atoms with Crippen molar-refractivity contribution in [3.63, 3.8) is 0 Å². The minimum absolute atomic E-state index is 0.211. The lowest BCUT2D eigenvalue weighted by Crippen LogP contribution is -2.37. The summed E-state index contributed by atoms with van der Waals surface area (Å²) in [7, 11) is 0. The van der Waals surface area contributed by atoms with Crippen LogP contribution in [0.15, 0.2) is 18.2 Å². The Hall–Kier alpha value is -1.25. The summed E-state index contributed by atoms with van der Waals surface area (Å²) >= 11 is 0. The fourth-order valence-electron chi connectivity index (χ4n) is 1.90. The average molecular weight is 313 g/mol. The van der Waals surface area contributed by atoms with Crippen molar-refractivity contribution in [1.82, 2.24) is 4.90 Å². The van der Waals surface area contributed by atoms with E-state index in [-0.39, 0.29) is 25.1 Å². The maximum atomic E-state index is 13.4. The van der Waals surface area contributed by atoms with Crippen molar-refractivity contribution in [1.29, 1.82) is 0 Å². The lowest BCUT2D eigenvalue weighted by atomic mass is 10.1. The molecule has 1 aromatic rings. The second-order valence-electron chi connectivity index (χ2n) is 4.56. The molecule has 0 bridgehead atoms. The maximum Gasteiger partial charge on any atom is 0.401 e. The molecule has 1 rings (SSSR count). The van der Waals surface area contributed by atoms with E-state index in [1.165, 1.54) is 12.1 Å². The smallest absolute Gasteiger partial charge is 0.395 e. The molecule has 0 amide bonds. The van der Waals surface area contributed by atoms with E-state index in [1.54, 1.807) is 0 Å². The molecule has 0 saturated carbocycles. The van der Waals surface area contributed by atoms with Gasteiger partial charge in [-0.05, 0) is 12.5 Å². The summed E-state index contributed by atoms with van der Waals surface area (Å²) in [6, 6.07) is 3.26. The Kier molecular flexibility index (Phi) is 6.50. The van der Waals surface area contributed by atoms with Gasteiger partial charge in [0.25, 0.3) is 0 Å². The molecule has 0 aromatic heterocycles. The van der Waals surface area contributed by atoms with Crippen LogP contribution in [0.3, 0.4) is 0 Å². The van der Waals surface area contributed by atoms with Crippen molar-refractivity contribution < 1.29 is 32.2 Å². The van der Waals surface area contributed by atoms with E-state index in [2.05, 4.69) is 0 Å². The first kappa shape index (κ1) is 17.8. The second-order valence-corrected chi connectivity index (χ2v) is 4.56. The zero-order chi connectivity index (χ0) is 16.0. The number of nitrogens with zero attached hydrogens (tertiary/aromatic N) is 1. The first-order valence-electron chi connectivity index (χ1n) is 6.26. The minimum Gasteiger partial charge on any atom is -0.395 e. The van der Waals surface area contributed by atoms with Gasteiger partial charge in [0.15, 0.2) is 11.6 Å². The van der Waals surface area contributed by atoms with Crippen molar-refractivity contribution in [2.24, 2.45) is 0 Å². The van der Waals surface area contributed by atoms with E-state index in [4.69, 9.17) is 5.11 Å². The van der Waals surface area contributed by atoms with E-state index in [0.29, 0.717) is 0 Å². The number of aliphatic hydroxyl groups is 2. The summed E-state index contributed by atoms with van der Waals surface area (Å²) in [6.45, 7) is -2.15. The number of hydrogen-bond acceptors (Lipinski definition) is 3. The van der Waals surface area contributed by atoms with Crippen molar-refractivity contribution in [3.8, 4) is 0 Å². The second kappa shape index (κ2) is 7.67. The lowest BCUT2D eigenvalue weighted by Gasteiger charge is -2.24. The Bertz CT molecular complexity index is 453. The Morgan fingerprint density at radius 2 is 1.81 bits per heavy atom. The van der Waals surface area contributed by atoms with Crippen LogP contribution in [0.4, 0.5) is 22.0 Å². The molecule has 8 heteroatoms. The van der Waals surface area contributed by atoms with Gasteiger partial charge in [-0.2, -0.15) is 13.2 Å².